The van der Waals surface area contributed by atoms with Gasteiger partial charge in [-0.3, -0.25) is 0 Å². The van der Waals surface area contributed by atoms with E-state index in [9.17, 15) is 5.11 Å². The van der Waals surface area contributed by atoms with Crippen LogP contribution in [0.1, 0.15) is 12.6 Å². The number of rotatable bonds is 4. The molecule has 5 heteroatoms. The predicted octanol–water partition coefficient (Wildman–Crippen LogP) is 1.53. The van der Waals surface area contributed by atoms with Crippen LogP contribution in [-0.2, 0) is 6.54 Å². The second-order valence-electron chi connectivity index (χ2n) is 4.23. The van der Waals surface area contributed by atoms with E-state index in [1.165, 1.54) is 10.5 Å². The number of benzene rings is 1. The summed E-state index contributed by atoms with van der Waals surface area (Å²) in [5.74, 6) is 0. The van der Waals surface area contributed by atoms with Gasteiger partial charge >= 0.3 is 23.1 Å². The molecule has 0 spiro atoms. The normalized spacial score (nSPS) is 9.57. The van der Waals surface area contributed by atoms with E-state index in [0.717, 1.165) is 11.4 Å². The predicted molar refractivity (Wildman–Crippen MR) is 87.5 cm³/mol. The van der Waals surface area contributed by atoms with Gasteiger partial charge in [0.05, 0.1) is 0 Å². The zero-order chi connectivity index (χ0) is 15.0. The third-order valence-corrected chi connectivity index (χ3v) is 3.64. The van der Waals surface area contributed by atoms with E-state index in [1.54, 1.807) is 18.7 Å². The van der Waals surface area contributed by atoms with Crippen LogP contribution in [0, 0.1) is 6.92 Å². The van der Waals surface area contributed by atoms with Gasteiger partial charge in [0, 0.05) is 22.8 Å². The first-order valence-electron chi connectivity index (χ1n) is 6.64. The molecule has 0 amide bonds. The summed E-state index contributed by atoms with van der Waals surface area (Å²) in [4.78, 5) is 1.26. The van der Waals surface area contributed by atoms with Crippen LogP contribution >= 0.6 is 11.8 Å². The van der Waals surface area contributed by atoms with Gasteiger partial charge in [-0.15, -0.1) is 25.0 Å². The van der Waals surface area contributed by atoms with E-state index in [0.29, 0.717) is 6.54 Å². The molecule has 110 valence electrons. The Kier molecular flexibility index (Phi) is 10.9. The molecule has 0 radical (unpaired) electrons. The molecule has 0 unspecified atom stereocenters. The molecule has 0 atom stereocenters. The van der Waals surface area contributed by atoms with Crippen molar-refractivity contribution in [3.05, 3.63) is 42.1 Å². The van der Waals surface area contributed by atoms with E-state index in [-0.39, 0.29) is 36.3 Å². The molecule has 0 aliphatic rings. The van der Waals surface area contributed by atoms with E-state index in [4.69, 9.17) is 5.11 Å². The molecule has 21 heavy (non-hydrogen) atoms. The van der Waals surface area contributed by atoms with E-state index in [1.807, 2.05) is 6.92 Å². The zero-order valence-electron chi connectivity index (χ0n) is 13.0. The molecule has 2 rings (SSSR count). The Hall–Kier alpha value is -0.464. The molecule has 0 aliphatic heterocycles. The Bertz CT molecular complexity index is 511. The van der Waals surface area contributed by atoms with E-state index in [2.05, 4.69) is 47.2 Å². The SMILES string of the molecule is CC[O-].CSc1ccc(-c2ccc(C)n2CC[O-])cc1.[Mg+2]. The van der Waals surface area contributed by atoms with Gasteiger partial charge in [0.2, 0.25) is 0 Å². The summed E-state index contributed by atoms with van der Waals surface area (Å²) in [6.45, 7) is 4.07. The van der Waals surface area contributed by atoms with E-state index < -0.39 is 0 Å². The van der Waals surface area contributed by atoms with Crippen molar-refractivity contribution >= 4 is 34.8 Å². The summed E-state index contributed by atoms with van der Waals surface area (Å²) < 4.78 is 2.08. The summed E-state index contributed by atoms with van der Waals surface area (Å²) in [6, 6.07) is 12.6. The average Bonchev–Trinajstić information content (AvgIpc) is 2.82. The smallest absolute Gasteiger partial charge is 0.855 e. The van der Waals surface area contributed by atoms with Gasteiger partial charge in [0.1, 0.15) is 0 Å². The third kappa shape index (κ3) is 6.04. The van der Waals surface area contributed by atoms with Crippen molar-refractivity contribution in [2.24, 2.45) is 0 Å². The average molecular weight is 316 g/mol. The van der Waals surface area contributed by atoms with Crippen LogP contribution in [0.4, 0.5) is 0 Å². The van der Waals surface area contributed by atoms with Crippen LogP contribution in [0.15, 0.2) is 41.3 Å². The van der Waals surface area contributed by atoms with Gasteiger partial charge < -0.3 is 14.8 Å². The first-order chi connectivity index (χ1) is 9.67. The minimum absolute atomic E-state index is 0. The number of hydrogen-bond acceptors (Lipinski definition) is 3. The van der Waals surface area contributed by atoms with Gasteiger partial charge in [-0.2, -0.15) is 0 Å². The molecule has 1 aromatic heterocycles. The van der Waals surface area contributed by atoms with Gasteiger partial charge in [0.15, 0.2) is 0 Å². The first-order valence-corrected chi connectivity index (χ1v) is 7.87. The summed E-state index contributed by atoms with van der Waals surface area (Å²) in [5.41, 5.74) is 3.44. The molecule has 0 aliphatic carbocycles. The summed E-state index contributed by atoms with van der Waals surface area (Å²) in [5, 5.41) is 19.7. The van der Waals surface area contributed by atoms with Crippen molar-refractivity contribution in [1.82, 2.24) is 4.57 Å². The summed E-state index contributed by atoms with van der Waals surface area (Å²) in [6.07, 6.45) is 2.07. The Labute approximate surface area is 147 Å². The van der Waals surface area contributed by atoms with Gasteiger partial charge in [-0.1, -0.05) is 19.1 Å². The number of nitrogens with zero attached hydrogens (tertiary/aromatic N) is 1. The van der Waals surface area contributed by atoms with Crippen molar-refractivity contribution in [2.75, 3.05) is 19.5 Å². The standard InChI is InChI=1S/C14H16NOS.C2H5O.Mg/c1-11-3-8-14(15(11)9-10-16)12-4-6-13(17-2)7-5-12;1-2-3;/h3-8H,9-10H2,1-2H3;2H2,1H3;/q2*-1;+2. The Morgan fingerprint density at radius 2 is 1.62 bits per heavy atom. The maximum absolute atomic E-state index is 10.8. The summed E-state index contributed by atoms with van der Waals surface area (Å²) >= 11 is 1.74. The van der Waals surface area contributed by atoms with Crippen molar-refractivity contribution in [2.45, 2.75) is 25.3 Å². The van der Waals surface area contributed by atoms with Crippen LogP contribution in [0.2, 0.25) is 0 Å². The Morgan fingerprint density at radius 1 is 1.05 bits per heavy atom. The second-order valence-corrected chi connectivity index (χ2v) is 5.11. The van der Waals surface area contributed by atoms with Crippen LogP contribution in [0.5, 0.6) is 0 Å². The molecule has 1 aromatic carbocycles. The third-order valence-electron chi connectivity index (χ3n) is 2.90. The zero-order valence-corrected chi connectivity index (χ0v) is 15.2. The van der Waals surface area contributed by atoms with Crippen LogP contribution < -0.4 is 10.2 Å². The monoisotopic (exact) mass is 315 g/mol. The number of aryl methyl sites for hydroxylation is 1. The van der Waals surface area contributed by atoms with Gasteiger partial charge in [0.25, 0.3) is 0 Å². The quantitative estimate of drug-likeness (QED) is 0.635. The van der Waals surface area contributed by atoms with Crippen molar-refractivity contribution in [1.29, 1.82) is 0 Å². The van der Waals surface area contributed by atoms with Crippen LogP contribution in [-0.4, -0.2) is 47.1 Å². The molecular weight excluding hydrogens is 295 g/mol. The number of thioether (sulfide) groups is 1. The fourth-order valence-electron chi connectivity index (χ4n) is 1.97. The molecule has 0 bridgehead atoms. The summed E-state index contributed by atoms with van der Waals surface area (Å²) in [7, 11) is 0. The largest absolute Gasteiger partial charge is 2.00 e. The van der Waals surface area contributed by atoms with Gasteiger partial charge in [-0.25, -0.2) is 0 Å². The molecule has 0 saturated carbocycles. The minimum atomic E-state index is -0.0780. The number of aromatic nitrogens is 1. The van der Waals surface area contributed by atoms with E-state index >= 15 is 0 Å². The Balaban J connectivity index is 0.000000922. The molecule has 2 aromatic rings. The molecule has 0 saturated heterocycles. The van der Waals surface area contributed by atoms with Crippen molar-refractivity contribution < 1.29 is 10.2 Å². The first kappa shape index (κ1) is 20.5. The molecule has 1 heterocycles. The van der Waals surface area contributed by atoms with Crippen molar-refractivity contribution in [3.63, 3.8) is 0 Å². The van der Waals surface area contributed by atoms with Crippen molar-refractivity contribution in [3.8, 4) is 11.3 Å². The molecule has 3 nitrogen and oxygen atoms in total. The van der Waals surface area contributed by atoms with Crippen LogP contribution in [0.25, 0.3) is 11.3 Å². The maximum atomic E-state index is 10.8. The molecule has 0 fully saturated rings. The fraction of sp³-hybridized carbons (Fsp3) is 0.375. The molecular formula is C16H21MgNO2S. The maximum Gasteiger partial charge on any atom is 2.00 e. The topological polar surface area (TPSA) is 51.0 Å². The van der Waals surface area contributed by atoms with Gasteiger partial charge in [-0.05, 0) is 43.0 Å². The minimum Gasteiger partial charge on any atom is -0.855 e. The Morgan fingerprint density at radius 3 is 2.10 bits per heavy atom. The molecule has 0 N–H and O–H groups in total. The van der Waals surface area contributed by atoms with Crippen LogP contribution in [0.3, 0.4) is 0 Å². The number of hydrogen-bond donors (Lipinski definition) is 0. The second kappa shape index (κ2) is 11.1. The fourth-order valence-corrected chi connectivity index (χ4v) is 2.38.